The van der Waals surface area contributed by atoms with Crippen molar-refractivity contribution in [3.63, 3.8) is 0 Å². The fraction of sp³-hybridized carbons (Fsp3) is 0.294. The fourth-order valence-corrected chi connectivity index (χ4v) is 3.72. The van der Waals surface area contributed by atoms with E-state index in [9.17, 15) is 0 Å². The minimum Gasteiger partial charge on any atom is -0.358 e. The monoisotopic (exact) mass is 339 g/mol. The third-order valence-corrected chi connectivity index (χ3v) is 5.10. The quantitative estimate of drug-likeness (QED) is 0.441. The van der Waals surface area contributed by atoms with Crippen LogP contribution in [0.25, 0.3) is 0 Å². The first-order valence-corrected chi connectivity index (χ1v) is 6.66. The molecule has 0 spiro atoms. The van der Waals surface area contributed by atoms with Gasteiger partial charge in [-0.2, -0.15) is 11.1 Å². The minimum atomic E-state index is 0. The summed E-state index contributed by atoms with van der Waals surface area (Å²) in [6.45, 7) is 8.92. The van der Waals surface area contributed by atoms with Crippen LogP contribution in [0.2, 0.25) is 0 Å². The van der Waals surface area contributed by atoms with Crippen molar-refractivity contribution < 1.29 is 21.7 Å². The predicted octanol–water partition coefficient (Wildman–Crippen LogP) is 3.30. The Hall–Kier alpha value is 0.0612. The van der Waals surface area contributed by atoms with E-state index in [0.717, 1.165) is 8.58 Å². The molecule has 0 bridgehead atoms. The Bertz CT molecular complexity index is 465. The van der Waals surface area contributed by atoms with Gasteiger partial charge in [0, 0.05) is 0 Å². The molecular formula is C17H28PSiTi. The van der Waals surface area contributed by atoms with E-state index in [1.165, 1.54) is 22.0 Å². The molecule has 0 saturated heterocycles. The molecule has 0 fully saturated rings. The van der Waals surface area contributed by atoms with Crippen molar-refractivity contribution in [2.75, 3.05) is 0 Å². The Labute approximate surface area is 147 Å². The first-order chi connectivity index (χ1) is 7.53. The van der Waals surface area contributed by atoms with Crippen LogP contribution in [0, 0.1) is 20.9 Å². The predicted molar refractivity (Wildman–Crippen MR) is 97.8 cm³/mol. The molecule has 0 aliphatic heterocycles. The molecule has 2 unspecified atom stereocenters. The summed E-state index contributed by atoms with van der Waals surface area (Å²) in [4.78, 5) is 0. The summed E-state index contributed by atoms with van der Waals surface area (Å²) >= 11 is 0. The van der Waals surface area contributed by atoms with Crippen LogP contribution in [0.4, 0.5) is 0 Å². The summed E-state index contributed by atoms with van der Waals surface area (Å²) in [5, 5.41) is 1.54. The van der Waals surface area contributed by atoms with Crippen molar-refractivity contribution in [2.24, 2.45) is 0 Å². The van der Waals surface area contributed by atoms with Crippen molar-refractivity contribution in [3.8, 4) is 0 Å². The molecule has 1 aliphatic carbocycles. The Morgan fingerprint density at radius 3 is 1.90 bits per heavy atom. The smallest absolute Gasteiger partial charge is 0.358 e. The Morgan fingerprint density at radius 1 is 1.00 bits per heavy atom. The number of hydrogen-bond acceptors (Lipinski definition) is 0. The Morgan fingerprint density at radius 2 is 1.50 bits per heavy atom. The zero-order valence-electron chi connectivity index (χ0n) is 12.9. The van der Waals surface area contributed by atoms with Crippen molar-refractivity contribution in [2.45, 2.75) is 32.9 Å². The van der Waals surface area contributed by atoms with Gasteiger partial charge < -0.3 is 14.9 Å². The summed E-state index contributed by atoms with van der Waals surface area (Å²) in [6.07, 6.45) is 3.63. The molecule has 0 N–H and O–H groups in total. The molecule has 0 nitrogen and oxygen atoms in total. The maximum absolute atomic E-state index is 3.63. The van der Waals surface area contributed by atoms with Gasteiger partial charge in [0.15, 0.2) is 0 Å². The number of allylic oxidation sites excluding steroid dienone is 4. The molecule has 1 aromatic carbocycles. The van der Waals surface area contributed by atoms with Gasteiger partial charge >= 0.3 is 21.7 Å². The van der Waals surface area contributed by atoms with Gasteiger partial charge in [-0.1, -0.05) is 64.8 Å². The second-order valence-corrected chi connectivity index (χ2v) is 6.44. The summed E-state index contributed by atoms with van der Waals surface area (Å²) in [6, 6.07) is 10.7. The van der Waals surface area contributed by atoms with Crippen LogP contribution >= 0.6 is 8.58 Å². The zero-order valence-corrected chi connectivity index (χ0v) is 15.4. The molecular weight excluding hydrogens is 311 g/mol. The SMILES string of the molecule is CC1=[C-]C(C)(Pc2ccccc2)C(C)=C1C.[CH3-].[CH3-].[SiH4].[Ti+3]. The molecule has 0 aromatic heterocycles. The van der Waals surface area contributed by atoms with Gasteiger partial charge in [0.25, 0.3) is 0 Å². The maximum Gasteiger partial charge on any atom is 3.00 e. The van der Waals surface area contributed by atoms with Gasteiger partial charge in [0.1, 0.15) is 0 Å². The Kier molecular flexibility index (Phi) is 12.4. The van der Waals surface area contributed by atoms with Gasteiger partial charge in [-0.15, -0.1) is 6.92 Å². The van der Waals surface area contributed by atoms with E-state index in [2.05, 4.69) is 64.1 Å². The van der Waals surface area contributed by atoms with Crippen molar-refractivity contribution in [1.82, 2.24) is 0 Å². The Balaban J connectivity index is -0.000000722. The second kappa shape index (κ2) is 9.90. The average Bonchev–Trinajstić information content (AvgIpc) is 2.44. The average molecular weight is 339 g/mol. The molecule has 3 heteroatoms. The molecule has 2 rings (SSSR count). The topological polar surface area (TPSA) is 0 Å². The minimum absolute atomic E-state index is 0. The second-order valence-electron chi connectivity index (χ2n) is 4.62. The molecule has 109 valence electrons. The molecule has 20 heavy (non-hydrogen) atoms. The van der Waals surface area contributed by atoms with E-state index < -0.39 is 0 Å². The molecule has 2 atom stereocenters. The molecule has 1 radical (unpaired) electrons. The number of benzene rings is 1. The summed E-state index contributed by atoms with van der Waals surface area (Å²) in [5.74, 6) is 0. The molecule has 1 aliphatic rings. The van der Waals surface area contributed by atoms with Crippen LogP contribution < -0.4 is 5.30 Å². The van der Waals surface area contributed by atoms with E-state index in [-0.39, 0.29) is 52.7 Å². The standard InChI is InChI=1S/C15H18P.2CH3.H4Si.Ti/c1-11-10-15(4,13(3)12(11)2)16-14-8-6-5-7-9-14;;;;/h5-9,16H,1-4H3;2*1H3;1H4;/q3*-1;;+3. The van der Waals surface area contributed by atoms with Gasteiger partial charge in [-0.25, -0.2) is 5.57 Å². The number of hydrogen-bond donors (Lipinski definition) is 0. The van der Waals surface area contributed by atoms with Crippen molar-refractivity contribution in [1.29, 1.82) is 0 Å². The fourth-order valence-electron chi connectivity index (χ4n) is 2.15. The normalized spacial score (nSPS) is 20.5. The van der Waals surface area contributed by atoms with Gasteiger partial charge in [0.05, 0.1) is 0 Å². The molecule has 0 saturated carbocycles. The summed E-state index contributed by atoms with van der Waals surface area (Å²) in [7, 11) is 0.774. The summed E-state index contributed by atoms with van der Waals surface area (Å²) in [5.41, 5.74) is 4.22. The third-order valence-electron chi connectivity index (χ3n) is 3.48. The van der Waals surface area contributed by atoms with Crippen LogP contribution in [0.15, 0.2) is 47.1 Å². The molecule has 0 amide bonds. The molecule has 0 heterocycles. The van der Waals surface area contributed by atoms with Crippen LogP contribution in [-0.4, -0.2) is 16.1 Å². The molecule has 1 aromatic rings. The largest absolute Gasteiger partial charge is 3.00 e. The van der Waals surface area contributed by atoms with Crippen molar-refractivity contribution >= 4 is 24.9 Å². The van der Waals surface area contributed by atoms with Crippen molar-refractivity contribution in [3.05, 3.63) is 68.0 Å². The van der Waals surface area contributed by atoms with Crippen LogP contribution in [0.3, 0.4) is 0 Å². The maximum atomic E-state index is 3.63. The van der Waals surface area contributed by atoms with Crippen LogP contribution in [0.1, 0.15) is 27.7 Å². The van der Waals surface area contributed by atoms with Gasteiger partial charge in [0.2, 0.25) is 0 Å². The van der Waals surface area contributed by atoms with E-state index >= 15 is 0 Å². The van der Waals surface area contributed by atoms with Crippen LogP contribution in [-0.2, 0) is 21.7 Å². The number of rotatable bonds is 2. The van der Waals surface area contributed by atoms with E-state index in [4.69, 9.17) is 0 Å². The van der Waals surface area contributed by atoms with E-state index in [0.29, 0.717) is 0 Å². The zero-order chi connectivity index (χ0) is 11.8. The first kappa shape index (κ1) is 25.0. The van der Waals surface area contributed by atoms with Gasteiger partial charge in [-0.05, 0) is 16.3 Å². The van der Waals surface area contributed by atoms with E-state index in [1.807, 2.05) is 0 Å². The third kappa shape index (κ3) is 5.11. The summed E-state index contributed by atoms with van der Waals surface area (Å²) < 4.78 is 0. The van der Waals surface area contributed by atoms with Crippen LogP contribution in [0.5, 0.6) is 0 Å². The van der Waals surface area contributed by atoms with E-state index in [1.54, 1.807) is 0 Å². The first-order valence-electron chi connectivity index (χ1n) is 5.66. The van der Waals surface area contributed by atoms with Gasteiger partial charge in [-0.3, -0.25) is 6.08 Å².